The minimum atomic E-state index is -0.290. The SMILES string of the molecule is CC(c1ccc(-c2ccccc2)c(F)c1)c1cc(N=C(NCCN2CCOCC2)N(CCN2CCOCC2)C(=N)N)on1. The highest BCUT2D eigenvalue weighted by molar-refractivity contribution is 5.97. The van der Waals surface area contributed by atoms with Gasteiger partial charge in [0.05, 0.1) is 32.1 Å². The van der Waals surface area contributed by atoms with E-state index in [1.54, 1.807) is 23.1 Å². The van der Waals surface area contributed by atoms with Gasteiger partial charge in [-0.3, -0.25) is 20.1 Å². The van der Waals surface area contributed by atoms with Crippen molar-refractivity contribution in [2.75, 3.05) is 78.8 Å². The van der Waals surface area contributed by atoms with Crippen molar-refractivity contribution in [1.82, 2.24) is 25.2 Å². The third kappa shape index (κ3) is 8.38. The van der Waals surface area contributed by atoms with Crippen LogP contribution in [0, 0.1) is 11.2 Å². The summed E-state index contributed by atoms with van der Waals surface area (Å²) in [6.45, 7) is 10.8. The Bertz CT molecular complexity index is 1360. The first-order chi connectivity index (χ1) is 21.0. The number of rotatable bonds is 10. The number of hydrogen-bond donors (Lipinski definition) is 3. The largest absolute Gasteiger partial charge is 0.379 e. The quantitative estimate of drug-likeness (QED) is 0.240. The van der Waals surface area contributed by atoms with Gasteiger partial charge in [0, 0.05) is 69.9 Å². The number of morpholine rings is 2. The predicted molar refractivity (Wildman–Crippen MR) is 164 cm³/mol. The molecule has 0 saturated carbocycles. The number of halogens is 1. The van der Waals surface area contributed by atoms with Gasteiger partial charge in [-0.05, 0) is 17.2 Å². The normalized spacial score (nSPS) is 17.5. The van der Waals surface area contributed by atoms with Crippen LogP contribution >= 0.6 is 0 Å². The maximum Gasteiger partial charge on any atom is 0.253 e. The van der Waals surface area contributed by atoms with Gasteiger partial charge >= 0.3 is 0 Å². The van der Waals surface area contributed by atoms with Gasteiger partial charge in [-0.1, -0.05) is 54.5 Å². The van der Waals surface area contributed by atoms with Crippen LogP contribution in [0.4, 0.5) is 10.3 Å². The summed E-state index contributed by atoms with van der Waals surface area (Å²) in [5.74, 6) is 0.0571. The smallest absolute Gasteiger partial charge is 0.253 e. The highest BCUT2D eigenvalue weighted by Crippen LogP contribution is 2.30. The van der Waals surface area contributed by atoms with Crippen molar-refractivity contribution in [3.05, 3.63) is 71.7 Å². The lowest BCUT2D eigenvalue weighted by atomic mass is 9.95. The van der Waals surface area contributed by atoms with E-state index in [2.05, 4.69) is 20.3 Å². The van der Waals surface area contributed by atoms with Gasteiger partial charge in [0.1, 0.15) is 5.82 Å². The Balaban J connectivity index is 1.32. The van der Waals surface area contributed by atoms with Crippen molar-refractivity contribution in [3.8, 4) is 11.1 Å². The summed E-state index contributed by atoms with van der Waals surface area (Å²) >= 11 is 0. The van der Waals surface area contributed by atoms with E-state index in [0.717, 1.165) is 57.1 Å². The lowest BCUT2D eigenvalue weighted by Gasteiger charge is -2.31. The summed E-state index contributed by atoms with van der Waals surface area (Å²) in [7, 11) is 0. The molecule has 1 atom stereocenters. The summed E-state index contributed by atoms with van der Waals surface area (Å²) < 4.78 is 31.6. The number of nitrogens with one attached hydrogen (secondary N) is 2. The molecule has 2 aliphatic rings. The lowest BCUT2D eigenvalue weighted by Crippen LogP contribution is -2.52. The van der Waals surface area contributed by atoms with E-state index in [4.69, 9.17) is 30.1 Å². The fraction of sp³-hybridized carbons (Fsp3) is 0.452. The van der Waals surface area contributed by atoms with Crippen molar-refractivity contribution in [1.29, 1.82) is 5.41 Å². The molecule has 2 saturated heterocycles. The van der Waals surface area contributed by atoms with E-state index in [-0.39, 0.29) is 23.6 Å². The van der Waals surface area contributed by atoms with Crippen LogP contribution < -0.4 is 11.1 Å². The minimum absolute atomic E-state index is 0.118. The Hall–Kier alpha value is -3.84. The van der Waals surface area contributed by atoms with Gasteiger partial charge in [-0.25, -0.2) is 4.39 Å². The second-order valence-electron chi connectivity index (χ2n) is 10.7. The van der Waals surface area contributed by atoms with E-state index in [1.165, 1.54) is 0 Å². The number of hydrogen-bond acceptors (Lipinski definition) is 8. The van der Waals surface area contributed by atoms with E-state index in [9.17, 15) is 0 Å². The lowest BCUT2D eigenvalue weighted by molar-refractivity contribution is 0.0370. The van der Waals surface area contributed by atoms with Gasteiger partial charge in [0.15, 0.2) is 5.96 Å². The molecule has 4 N–H and O–H groups in total. The van der Waals surface area contributed by atoms with Crippen molar-refractivity contribution in [3.63, 3.8) is 0 Å². The highest BCUT2D eigenvalue weighted by Gasteiger charge is 2.21. The van der Waals surface area contributed by atoms with Crippen LogP contribution in [-0.4, -0.2) is 111 Å². The fourth-order valence-electron chi connectivity index (χ4n) is 5.22. The number of aromatic nitrogens is 1. The van der Waals surface area contributed by atoms with Crippen molar-refractivity contribution in [2.45, 2.75) is 12.8 Å². The van der Waals surface area contributed by atoms with Gasteiger partial charge in [-0.2, -0.15) is 4.99 Å². The maximum atomic E-state index is 15.1. The monoisotopic (exact) mass is 592 g/mol. The Kier molecular flexibility index (Phi) is 10.7. The molecule has 3 heterocycles. The zero-order valence-corrected chi connectivity index (χ0v) is 24.7. The Morgan fingerprint density at radius 1 is 1.02 bits per heavy atom. The molecule has 11 nitrogen and oxygen atoms in total. The molecule has 230 valence electrons. The molecule has 12 heteroatoms. The molecule has 2 aromatic carbocycles. The van der Waals surface area contributed by atoms with Gasteiger partial charge in [0.2, 0.25) is 5.96 Å². The molecular weight excluding hydrogens is 551 g/mol. The molecule has 3 aromatic rings. The number of nitrogens with zero attached hydrogens (tertiary/aromatic N) is 5. The molecule has 43 heavy (non-hydrogen) atoms. The third-order valence-corrected chi connectivity index (χ3v) is 7.86. The molecule has 0 amide bonds. The average molecular weight is 593 g/mol. The number of benzene rings is 2. The maximum absolute atomic E-state index is 15.1. The van der Waals surface area contributed by atoms with Crippen molar-refractivity contribution < 1.29 is 18.4 Å². The van der Waals surface area contributed by atoms with E-state index in [0.29, 0.717) is 50.1 Å². The second kappa shape index (κ2) is 15.1. The van der Waals surface area contributed by atoms with Gasteiger partial charge in [0.25, 0.3) is 5.88 Å². The summed E-state index contributed by atoms with van der Waals surface area (Å²) in [6, 6.07) is 16.5. The highest BCUT2D eigenvalue weighted by atomic mass is 19.1. The molecule has 1 aromatic heterocycles. The molecule has 0 radical (unpaired) electrons. The standard InChI is InChI=1S/C31H41FN8O3/c1-23(25-7-8-26(27(32)21-25)24-5-3-2-4-6-24)28-22-29(43-37-28)36-31(35-9-10-38-13-17-41-18-14-38)40(30(33)34)12-11-39-15-19-42-20-16-39/h2-8,21-23H,9-20H2,1H3,(H3,33,34)(H,35,36). The summed E-state index contributed by atoms with van der Waals surface area (Å²) in [6.07, 6.45) is 0. The van der Waals surface area contributed by atoms with Crippen LogP contribution in [0.25, 0.3) is 11.1 Å². The van der Waals surface area contributed by atoms with Crippen LogP contribution in [0.3, 0.4) is 0 Å². The van der Waals surface area contributed by atoms with Crippen LogP contribution in [-0.2, 0) is 9.47 Å². The van der Waals surface area contributed by atoms with Crippen LogP contribution in [0.5, 0.6) is 0 Å². The fourth-order valence-corrected chi connectivity index (χ4v) is 5.22. The Morgan fingerprint density at radius 3 is 2.35 bits per heavy atom. The Labute approximate surface area is 251 Å². The second-order valence-corrected chi connectivity index (χ2v) is 10.7. The molecule has 0 bridgehead atoms. The molecule has 5 rings (SSSR count). The van der Waals surface area contributed by atoms with Crippen LogP contribution in [0.1, 0.15) is 24.1 Å². The molecule has 0 aliphatic carbocycles. The zero-order chi connectivity index (χ0) is 30.0. The third-order valence-electron chi connectivity index (χ3n) is 7.86. The van der Waals surface area contributed by atoms with Gasteiger partial charge < -0.3 is 25.0 Å². The predicted octanol–water partition coefficient (Wildman–Crippen LogP) is 3.07. The van der Waals surface area contributed by atoms with Crippen LogP contribution in [0.15, 0.2) is 64.1 Å². The summed E-state index contributed by atoms with van der Waals surface area (Å²) in [5.41, 5.74) is 8.84. The first-order valence-corrected chi connectivity index (χ1v) is 14.8. The van der Waals surface area contributed by atoms with Crippen molar-refractivity contribution in [2.24, 2.45) is 10.7 Å². The van der Waals surface area contributed by atoms with E-state index in [1.807, 2.05) is 43.3 Å². The number of ether oxygens (including phenoxy) is 2. The Morgan fingerprint density at radius 2 is 1.70 bits per heavy atom. The zero-order valence-electron chi connectivity index (χ0n) is 24.7. The minimum Gasteiger partial charge on any atom is -0.379 e. The first kappa shape index (κ1) is 30.6. The molecule has 1 unspecified atom stereocenters. The van der Waals surface area contributed by atoms with Gasteiger partial charge in [-0.15, -0.1) is 0 Å². The number of aliphatic imine (C=N–C) groups is 1. The van der Waals surface area contributed by atoms with E-state index < -0.39 is 0 Å². The summed E-state index contributed by atoms with van der Waals surface area (Å²) in [5, 5.41) is 15.9. The molecular formula is C31H41FN8O3. The van der Waals surface area contributed by atoms with Crippen LogP contribution in [0.2, 0.25) is 0 Å². The summed E-state index contributed by atoms with van der Waals surface area (Å²) in [4.78, 5) is 11.0. The average Bonchev–Trinajstić information content (AvgIpc) is 3.50. The van der Waals surface area contributed by atoms with Crippen molar-refractivity contribution >= 4 is 17.8 Å². The number of nitrogens with two attached hydrogens (primary N) is 1. The topological polar surface area (TPSA) is 128 Å². The molecule has 2 aliphatic heterocycles. The molecule has 0 spiro atoms. The first-order valence-electron chi connectivity index (χ1n) is 14.8. The van der Waals surface area contributed by atoms with E-state index >= 15 is 4.39 Å². The number of guanidine groups is 2. The molecule has 2 fully saturated rings.